The number of nitrogens with zero attached hydrogens (tertiary/aromatic N) is 1. The fraction of sp³-hybridized carbons (Fsp3) is 0.364. The molecular formula is C22H24N2O5. The van der Waals surface area contributed by atoms with Gasteiger partial charge in [0, 0.05) is 24.6 Å². The second-order valence-electron chi connectivity index (χ2n) is 6.71. The highest BCUT2D eigenvalue weighted by Gasteiger charge is 2.23. The number of benzene rings is 2. The molecule has 3 rings (SSSR count). The SMILES string of the molecule is CCOc1cc(OC2CCOCC2)cc(C(Nc2ccc(C#N)cc2)C(=O)O)c1. The first kappa shape index (κ1) is 20.5. The van der Waals surface area contributed by atoms with Crippen LogP contribution in [0.25, 0.3) is 0 Å². The van der Waals surface area contributed by atoms with Gasteiger partial charge in [-0.2, -0.15) is 5.26 Å². The molecule has 1 aliphatic rings. The van der Waals surface area contributed by atoms with Crippen LogP contribution < -0.4 is 14.8 Å². The van der Waals surface area contributed by atoms with Crippen LogP contribution >= 0.6 is 0 Å². The van der Waals surface area contributed by atoms with Gasteiger partial charge in [-0.3, -0.25) is 0 Å². The van der Waals surface area contributed by atoms with Crippen LogP contribution in [0.5, 0.6) is 11.5 Å². The standard InChI is InChI=1S/C22H24N2O5/c1-2-28-19-11-16(12-20(13-19)29-18-7-9-27-10-8-18)21(22(25)26)24-17-5-3-15(14-23)4-6-17/h3-6,11-13,18,21,24H,2,7-10H2,1H3,(H,25,26). The molecule has 1 fully saturated rings. The van der Waals surface area contributed by atoms with Gasteiger partial charge in [0.25, 0.3) is 0 Å². The summed E-state index contributed by atoms with van der Waals surface area (Å²) in [5, 5.41) is 21.7. The maximum absolute atomic E-state index is 12.0. The molecule has 1 heterocycles. The van der Waals surface area contributed by atoms with Gasteiger partial charge < -0.3 is 24.6 Å². The molecule has 1 atom stereocenters. The average Bonchev–Trinajstić information content (AvgIpc) is 2.73. The molecule has 0 aromatic heterocycles. The number of hydrogen-bond acceptors (Lipinski definition) is 6. The van der Waals surface area contributed by atoms with Crippen LogP contribution in [0, 0.1) is 11.3 Å². The molecule has 0 saturated carbocycles. The summed E-state index contributed by atoms with van der Waals surface area (Å²) in [6, 6.07) is 12.9. The Kier molecular flexibility index (Phi) is 6.93. The molecule has 0 amide bonds. The monoisotopic (exact) mass is 396 g/mol. The molecule has 0 bridgehead atoms. The highest BCUT2D eigenvalue weighted by Crippen LogP contribution is 2.30. The molecule has 0 spiro atoms. The summed E-state index contributed by atoms with van der Waals surface area (Å²) in [5.74, 6) is 0.102. The Morgan fingerprint density at radius 1 is 1.24 bits per heavy atom. The summed E-state index contributed by atoms with van der Waals surface area (Å²) in [6.07, 6.45) is 1.61. The van der Waals surface area contributed by atoms with Gasteiger partial charge in [0.2, 0.25) is 0 Å². The molecule has 2 aromatic carbocycles. The van der Waals surface area contributed by atoms with Gasteiger partial charge in [-0.05, 0) is 48.9 Å². The predicted molar refractivity (Wildman–Crippen MR) is 107 cm³/mol. The summed E-state index contributed by atoms with van der Waals surface area (Å²) in [5.41, 5.74) is 1.63. The van der Waals surface area contributed by atoms with E-state index in [2.05, 4.69) is 5.32 Å². The first-order valence-corrected chi connectivity index (χ1v) is 9.60. The third-order valence-corrected chi connectivity index (χ3v) is 4.59. The van der Waals surface area contributed by atoms with E-state index in [1.807, 2.05) is 13.0 Å². The van der Waals surface area contributed by atoms with E-state index in [4.69, 9.17) is 19.5 Å². The van der Waals surface area contributed by atoms with Crippen molar-refractivity contribution < 1.29 is 24.1 Å². The summed E-state index contributed by atoms with van der Waals surface area (Å²) in [4.78, 5) is 12.0. The highest BCUT2D eigenvalue weighted by atomic mass is 16.5. The Balaban J connectivity index is 1.86. The van der Waals surface area contributed by atoms with Crippen molar-refractivity contribution in [2.45, 2.75) is 31.9 Å². The largest absolute Gasteiger partial charge is 0.494 e. The van der Waals surface area contributed by atoms with Crippen LogP contribution in [-0.4, -0.2) is 37.0 Å². The van der Waals surface area contributed by atoms with Gasteiger partial charge in [0.1, 0.15) is 17.6 Å². The van der Waals surface area contributed by atoms with E-state index in [0.717, 1.165) is 12.8 Å². The van der Waals surface area contributed by atoms with Crippen LogP contribution in [0.4, 0.5) is 5.69 Å². The summed E-state index contributed by atoms with van der Waals surface area (Å²) >= 11 is 0. The molecule has 29 heavy (non-hydrogen) atoms. The van der Waals surface area contributed by atoms with Crippen molar-refractivity contribution in [3.63, 3.8) is 0 Å². The van der Waals surface area contributed by atoms with Crippen molar-refractivity contribution in [1.82, 2.24) is 0 Å². The molecule has 1 unspecified atom stereocenters. The summed E-state index contributed by atoms with van der Waals surface area (Å²) in [6.45, 7) is 3.64. The Hall–Kier alpha value is -3.24. The third kappa shape index (κ3) is 5.62. The summed E-state index contributed by atoms with van der Waals surface area (Å²) < 4.78 is 17.1. The Labute approximate surface area is 169 Å². The first-order valence-electron chi connectivity index (χ1n) is 9.60. The van der Waals surface area contributed by atoms with Crippen LogP contribution in [0.15, 0.2) is 42.5 Å². The highest BCUT2D eigenvalue weighted by molar-refractivity contribution is 5.79. The number of rotatable bonds is 8. The van der Waals surface area contributed by atoms with E-state index in [1.54, 1.807) is 42.5 Å². The molecule has 2 N–H and O–H groups in total. The zero-order valence-corrected chi connectivity index (χ0v) is 16.3. The number of carboxylic acid groups (broad SMARTS) is 1. The quantitative estimate of drug-likeness (QED) is 0.701. The number of carbonyl (C=O) groups is 1. The maximum atomic E-state index is 12.0. The number of aliphatic carboxylic acids is 1. The van der Waals surface area contributed by atoms with Gasteiger partial charge >= 0.3 is 5.97 Å². The molecule has 152 valence electrons. The Bertz CT molecular complexity index is 870. The normalized spacial score (nSPS) is 15.2. The molecule has 1 saturated heterocycles. The van der Waals surface area contributed by atoms with E-state index >= 15 is 0 Å². The van der Waals surface area contributed by atoms with Crippen LogP contribution in [0.3, 0.4) is 0 Å². The van der Waals surface area contributed by atoms with E-state index in [1.165, 1.54) is 0 Å². The second-order valence-corrected chi connectivity index (χ2v) is 6.71. The first-order chi connectivity index (χ1) is 14.1. The van der Waals surface area contributed by atoms with Crippen LogP contribution in [0.1, 0.15) is 36.9 Å². The molecular weight excluding hydrogens is 372 g/mol. The number of anilines is 1. The van der Waals surface area contributed by atoms with Crippen molar-refractivity contribution in [2.75, 3.05) is 25.1 Å². The minimum atomic E-state index is -1.03. The molecule has 2 aromatic rings. The molecule has 7 nitrogen and oxygen atoms in total. The Morgan fingerprint density at radius 3 is 2.55 bits per heavy atom. The van der Waals surface area contributed by atoms with Crippen LogP contribution in [-0.2, 0) is 9.53 Å². The number of carboxylic acids is 1. The Morgan fingerprint density at radius 2 is 1.93 bits per heavy atom. The fourth-order valence-corrected chi connectivity index (χ4v) is 3.16. The number of nitriles is 1. The van der Waals surface area contributed by atoms with E-state index in [0.29, 0.717) is 48.1 Å². The number of nitrogens with one attached hydrogen (secondary N) is 1. The van der Waals surface area contributed by atoms with Gasteiger partial charge in [-0.1, -0.05) is 0 Å². The zero-order valence-electron chi connectivity index (χ0n) is 16.3. The van der Waals surface area contributed by atoms with Gasteiger partial charge in [-0.15, -0.1) is 0 Å². The average molecular weight is 396 g/mol. The minimum Gasteiger partial charge on any atom is -0.494 e. The number of hydrogen-bond donors (Lipinski definition) is 2. The smallest absolute Gasteiger partial charge is 0.330 e. The van der Waals surface area contributed by atoms with Gasteiger partial charge in [-0.25, -0.2) is 4.79 Å². The van der Waals surface area contributed by atoms with Crippen molar-refractivity contribution in [1.29, 1.82) is 5.26 Å². The number of ether oxygens (including phenoxy) is 3. The zero-order chi connectivity index (χ0) is 20.6. The topological polar surface area (TPSA) is 101 Å². The van der Waals surface area contributed by atoms with Gasteiger partial charge in [0.15, 0.2) is 6.04 Å². The molecule has 7 heteroatoms. The lowest BCUT2D eigenvalue weighted by Gasteiger charge is -2.24. The van der Waals surface area contributed by atoms with Gasteiger partial charge in [0.05, 0.1) is 31.5 Å². The fourth-order valence-electron chi connectivity index (χ4n) is 3.16. The van der Waals surface area contributed by atoms with E-state index < -0.39 is 12.0 Å². The maximum Gasteiger partial charge on any atom is 0.330 e. The molecule has 1 aliphatic heterocycles. The van der Waals surface area contributed by atoms with Crippen molar-refractivity contribution in [3.05, 3.63) is 53.6 Å². The molecule has 0 radical (unpaired) electrons. The molecule has 0 aliphatic carbocycles. The minimum absolute atomic E-state index is 0.0308. The van der Waals surface area contributed by atoms with E-state index in [9.17, 15) is 9.90 Å². The lowest BCUT2D eigenvalue weighted by molar-refractivity contribution is -0.138. The lowest BCUT2D eigenvalue weighted by atomic mass is 10.0. The second kappa shape index (κ2) is 9.80. The third-order valence-electron chi connectivity index (χ3n) is 4.59. The lowest BCUT2D eigenvalue weighted by Crippen LogP contribution is -2.26. The van der Waals surface area contributed by atoms with Crippen molar-refractivity contribution in [2.24, 2.45) is 0 Å². The van der Waals surface area contributed by atoms with Crippen molar-refractivity contribution in [3.8, 4) is 17.6 Å². The van der Waals surface area contributed by atoms with Crippen LogP contribution in [0.2, 0.25) is 0 Å². The van der Waals surface area contributed by atoms with Crippen molar-refractivity contribution >= 4 is 11.7 Å². The predicted octanol–water partition coefficient (Wildman–Crippen LogP) is 3.75. The summed E-state index contributed by atoms with van der Waals surface area (Å²) in [7, 11) is 0. The van der Waals surface area contributed by atoms with E-state index in [-0.39, 0.29) is 6.10 Å².